The first kappa shape index (κ1) is 9.87. The van der Waals surface area contributed by atoms with Crippen molar-refractivity contribution in [2.75, 3.05) is 0 Å². The molecule has 10 heavy (non-hydrogen) atoms. The zero-order valence-electron chi connectivity index (χ0n) is 5.78. The lowest BCUT2D eigenvalue weighted by molar-refractivity contribution is 0.135. The van der Waals surface area contributed by atoms with Crippen LogP contribution in [0.4, 0.5) is 0 Å². The Balaban J connectivity index is 3.75. The van der Waals surface area contributed by atoms with Crippen LogP contribution in [0, 0.1) is 0 Å². The Hall–Kier alpha value is -0.130. The molecule has 1 unspecified atom stereocenters. The van der Waals surface area contributed by atoms with Crippen molar-refractivity contribution in [1.82, 2.24) is 0 Å². The summed E-state index contributed by atoms with van der Waals surface area (Å²) in [7, 11) is -4.33. The molecule has 0 bridgehead atoms. The van der Waals surface area contributed by atoms with Gasteiger partial charge in [0, 0.05) is 0 Å². The molecule has 0 saturated heterocycles. The van der Waals surface area contributed by atoms with E-state index in [0.29, 0.717) is 6.42 Å². The standard InChI is InChI=1S/C5H11O4S/c1-2-3-4-5(6)10(7,8)9/h5H,2-4H2,1H3,(H,7,8,9). The Morgan fingerprint density at radius 3 is 2.30 bits per heavy atom. The summed E-state index contributed by atoms with van der Waals surface area (Å²) in [5, 5.41) is 10.5. The molecule has 0 aromatic rings. The Morgan fingerprint density at radius 2 is 2.00 bits per heavy atom. The summed E-state index contributed by atoms with van der Waals surface area (Å²) < 4.78 is 28.3. The van der Waals surface area contributed by atoms with Crippen LogP contribution in [0.3, 0.4) is 0 Å². The Labute approximate surface area is 60.6 Å². The van der Waals surface area contributed by atoms with Gasteiger partial charge in [-0.05, 0) is 12.8 Å². The maximum atomic E-state index is 10.5. The lowest BCUT2D eigenvalue weighted by atomic mass is 10.3. The zero-order valence-corrected chi connectivity index (χ0v) is 6.60. The third-order valence-corrected chi connectivity index (χ3v) is 2.03. The summed E-state index contributed by atoms with van der Waals surface area (Å²) in [5.41, 5.74) is -1.85. The molecule has 0 aliphatic heterocycles. The van der Waals surface area contributed by atoms with E-state index < -0.39 is 15.6 Å². The highest BCUT2D eigenvalue weighted by Gasteiger charge is 2.19. The molecule has 0 aliphatic carbocycles. The van der Waals surface area contributed by atoms with Crippen LogP contribution in [0.2, 0.25) is 0 Å². The molecule has 61 valence electrons. The predicted molar refractivity (Wildman–Crippen MR) is 35.5 cm³/mol. The molecule has 0 saturated carbocycles. The number of rotatable bonds is 4. The smallest absolute Gasteiger partial charge is 0.283 e. The highest BCUT2D eigenvalue weighted by Crippen LogP contribution is 2.05. The topological polar surface area (TPSA) is 74.3 Å². The summed E-state index contributed by atoms with van der Waals surface area (Å²) in [6.07, 6.45) is 1.29. The second kappa shape index (κ2) is 3.90. The summed E-state index contributed by atoms with van der Waals surface area (Å²) >= 11 is 0. The van der Waals surface area contributed by atoms with Gasteiger partial charge in [0.25, 0.3) is 10.1 Å². The van der Waals surface area contributed by atoms with Crippen LogP contribution in [0.1, 0.15) is 26.2 Å². The molecule has 1 radical (unpaired) electrons. The van der Waals surface area contributed by atoms with Crippen LogP contribution < -0.4 is 0 Å². The van der Waals surface area contributed by atoms with Gasteiger partial charge in [0.2, 0.25) is 5.44 Å². The highest BCUT2D eigenvalue weighted by molar-refractivity contribution is 7.86. The maximum Gasteiger partial charge on any atom is 0.295 e. The first-order valence-electron chi connectivity index (χ1n) is 3.10. The van der Waals surface area contributed by atoms with E-state index in [9.17, 15) is 13.5 Å². The molecular formula is C5H11O4S. The quantitative estimate of drug-likeness (QED) is 0.630. The van der Waals surface area contributed by atoms with E-state index in [-0.39, 0.29) is 6.42 Å². The Kier molecular flexibility index (Phi) is 3.85. The normalized spacial score (nSPS) is 15.1. The van der Waals surface area contributed by atoms with Crippen LogP contribution in [0.5, 0.6) is 0 Å². The van der Waals surface area contributed by atoms with E-state index >= 15 is 0 Å². The van der Waals surface area contributed by atoms with Gasteiger partial charge in [-0.3, -0.25) is 4.55 Å². The average Bonchev–Trinajstić information content (AvgIpc) is 1.80. The monoisotopic (exact) mass is 167 g/mol. The van der Waals surface area contributed by atoms with Crippen molar-refractivity contribution in [2.24, 2.45) is 0 Å². The molecular weight excluding hydrogens is 156 g/mol. The van der Waals surface area contributed by atoms with Gasteiger partial charge in [-0.15, -0.1) is 0 Å². The van der Waals surface area contributed by atoms with Crippen molar-refractivity contribution in [1.29, 1.82) is 0 Å². The van der Waals surface area contributed by atoms with Crippen molar-refractivity contribution >= 4 is 10.1 Å². The fourth-order valence-electron chi connectivity index (χ4n) is 0.520. The van der Waals surface area contributed by atoms with Gasteiger partial charge >= 0.3 is 0 Å². The van der Waals surface area contributed by atoms with Gasteiger partial charge in [0.15, 0.2) is 0 Å². The van der Waals surface area contributed by atoms with Crippen molar-refractivity contribution in [2.45, 2.75) is 31.6 Å². The van der Waals surface area contributed by atoms with E-state index in [4.69, 9.17) is 4.55 Å². The number of unbranched alkanes of at least 4 members (excludes halogenated alkanes) is 1. The molecule has 4 nitrogen and oxygen atoms in total. The Morgan fingerprint density at radius 1 is 1.50 bits per heavy atom. The van der Waals surface area contributed by atoms with Crippen molar-refractivity contribution in [3.8, 4) is 0 Å². The largest absolute Gasteiger partial charge is 0.295 e. The zero-order chi connectivity index (χ0) is 8.20. The SMILES string of the molecule is CCCCC([O])S(=O)(=O)O. The van der Waals surface area contributed by atoms with E-state index in [0.717, 1.165) is 6.42 Å². The lowest BCUT2D eigenvalue weighted by Gasteiger charge is -2.01. The molecule has 0 amide bonds. The van der Waals surface area contributed by atoms with Crippen LogP contribution in [-0.4, -0.2) is 18.4 Å². The third-order valence-electron chi connectivity index (χ3n) is 1.13. The number of hydrogen-bond donors (Lipinski definition) is 1. The molecule has 0 spiro atoms. The van der Waals surface area contributed by atoms with Crippen molar-refractivity contribution in [3.05, 3.63) is 0 Å². The predicted octanol–water partition coefficient (Wildman–Crippen LogP) is 0.821. The molecule has 1 N–H and O–H groups in total. The van der Waals surface area contributed by atoms with Crippen molar-refractivity contribution < 1.29 is 18.1 Å². The summed E-state index contributed by atoms with van der Waals surface area (Å²) in [5.74, 6) is 0. The van der Waals surface area contributed by atoms with Crippen LogP contribution >= 0.6 is 0 Å². The molecule has 5 heteroatoms. The maximum absolute atomic E-state index is 10.5. The minimum Gasteiger partial charge on any atom is -0.283 e. The van der Waals surface area contributed by atoms with Gasteiger partial charge in [-0.1, -0.05) is 13.3 Å². The molecule has 0 aromatic carbocycles. The molecule has 0 heterocycles. The van der Waals surface area contributed by atoms with E-state index in [1.165, 1.54) is 0 Å². The molecule has 1 atom stereocenters. The molecule has 0 aliphatic rings. The summed E-state index contributed by atoms with van der Waals surface area (Å²) in [6, 6.07) is 0. The van der Waals surface area contributed by atoms with Gasteiger partial charge < -0.3 is 0 Å². The minimum absolute atomic E-state index is 0.00463. The van der Waals surface area contributed by atoms with Gasteiger partial charge in [-0.2, -0.15) is 8.42 Å². The molecule has 0 aromatic heterocycles. The first-order chi connectivity index (χ1) is 4.48. The van der Waals surface area contributed by atoms with Crippen molar-refractivity contribution in [3.63, 3.8) is 0 Å². The molecule has 0 rings (SSSR count). The van der Waals surface area contributed by atoms with Crippen LogP contribution in [0.25, 0.3) is 0 Å². The fraction of sp³-hybridized carbons (Fsp3) is 1.00. The minimum atomic E-state index is -4.33. The van der Waals surface area contributed by atoms with E-state index in [2.05, 4.69) is 0 Å². The Bertz CT molecular complexity index is 172. The second-order valence-corrected chi connectivity index (χ2v) is 3.64. The fourth-order valence-corrected chi connectivity index (χ4v) is 0.984. The van der Waals surface area contributed by atoms with Gasteiger partial charge in [0.05, 0.1) is 0 Å². The third kappa shape index (κ3) is 3.81. The van der Waals surface area contributed by atoms with E-state index in [1.54, 1.807) is 0 Å². The summed E-state index contributed by atoms with van der Waals surface area (Å²) in [4.78, 5) is 0. The average molecular weight is 167 g/mol. The van der Waals surface area contributed by atoms with Crippen LogP contribution in [-0.2, 0) is 15.2 Å². The number of hydrogen-bond acceptors (Lipinski definition) is 2. The molecule has 0 fully saturated rings. The summed E-state index contributed by atoms with van der Waals surface area (Å²) in [6.45, 7) is 1.84. The highest BCUT2D eigenvalue weighted by atomic mass is 32.2. The van der Waals surface area contributed by atoms with E-state index in [1.807, 2.05) is 6.92 Å². The second-order valence-electron chi connectivity index (χ2n) is 2.09. The van der Waals surface area contributed by atoms with Gasteiger partial charge in [0.1, 0.15) is 0 Å². The van der Waals surface area contributed by atoms with Gasteiger partial charge in [-0.25, -0.2) is 5.11 Å². The lowest BCUT2D eigenvalue weighted by Crippen LogP contribution is -2.17. The first-order valence-corrected chi connectivity index (χ1v) is 4.61. The van der Waals surface area contributed by atoms with Crippen LogP contribution in [0.15, 0.2) is 0 Å².